The second kappa shape index (κ2) is 6.02. The van der Waals surface area contributed by atoms with Gasteiger partial charge in [0.15, 0.2) is 0 Å². The van der Waals surface area contributed by atoms with Gasteiger partial charge >= 0.3 is 5.97 Å². The Kier molecular flexibility index (Phi) is 4.94. The summed E-state index contributed by atoms with van der Waals surface area (Å²) >= 11 is 0. The number of carbonyl (C=O) groups excluding carboxylic acids is 1. The molecule has 1 fully saturated rings. The summed E-state index contributed by atoms with van der Waals surface area (Å²) in [6.07, 6.45) is 7.44. The van der Waals surface area contributed by atoms with Crippen LogP contribution in [0.1, 0.15) is 38.5 Å². The van der Waals surface area contributed by atoms with E-state index in [1.54, 1.807) is 0 Å². The zero-order chi connectivity index (χ0) is 10.4. The molecular weight excluding hydrogens is 180 g/mol. The lowest BCUT2D eigenvalue weighted by atomic mass is 9.85. The average Bonchev–Trinajstić information content (AvgIpc) is 2.19. The van der Waals surface area contributed by atoms with Crippen molar-refractivity contribution in [1.29, 1.82) is 0 Å². The van der Waals surface area contributed by atoms with Crippen LogP contribution in [0.3, 0.4) is 0 Å². The van der Waals surface area contributed by atoms with Crippen LogP contribution in [0.25, 0.3) is 0 Å². The summed E-state index contributed by atoms with van der Waals surface area (Å²) in [5.41, 5.74) is 0. The van der Waals surface area contributed by atoms with Gasteiger partial charge in [0.25, 0.3) is 0 Å². The summed E-state index contributed by atoms with van der Waals surface area (Å²) < 4.78 is 4.49. The number of hydrogen-bond acceptors (Lipinski definition) is 3. The molecule has 1 aliphatic carbocycles. The number of ether oxygens (including phenoxy) is 1. The maximum Gasteiger partial charge on any atom is 0.308 e. The van der Waals surface area contributed by atoms with Gasteiger partial charge in [0.1, 0.15) is 0 Å². The van der Waals surface area contributed by atoms with E-state index in [0.29, 0.717) is 5.92 Å². The normalized spacial score (nSPS) is 20.4. The number of aliphatic hydroxyl groups is 1. The smallest absolute Gasteiger partial charge is 0.308 e. The molecule has 1 saturated carbocycles. The molecule has 0 aliphatic heterocycles. The minimum atomic E-state index is -0.634. The minimum absolute atomic E-state index is 0.0903. The standard InChI is InChI=1S/C11H19O3/c1-14-11(13)8-10(12)7-9-5-3-2-4-6-9/h7,9-10,12H,2-6,8H2,1H3. The van der Waals surface area contributed by atoms with Gasteiger partial charge in [-0.05, 0) is 12.3 Å². The molecule has 0 aromatic carbocycles. The molecule has 1 N–H and O–H groups in total. The minimum Gasteiger partial charge on any atom is -0.469 e. The average molecular weight is 199 g/mol. The monoisotopic (exact) mass is 199 g/mol. The van der Waals surface area contributed by atoms with E-state index in [9.17, 15) is 9.90 Å². The van der Waals surface area contributed by atoms with E-state index < -0.39 is 6.10 Å². The number of methoxy groups -OCH3 is 1. The highest BCUT2D eigenvalue weighted by Crippen LogP contribution is 2.27. The maximum atomic E-state index is 10.9. The first-order valence-electron chi connectivity index (χ1n) is 5.32. The Morgan fingerprint density at radius 3 is 2.71 bits per heavy atom. The summed E-state index contributed by atoms with van der Waals surface area (Å²) in [6.45, 7) is 0. The molecule has 0 bridgehead atoms. The Hall–Kier alpha value is -0.570. The van der Waals surface area contributed by atoms with E-state index in [-0.39, 0.29) is 12.4 Å². The highest BCUT2D eigenvalue weighted by Gasteiger charge is 2.19. The van der Waals surface area contributed by atoms with Gasteiger partial charge in [-0.15, -0.1) is 0 Å². The van der Waals surface area contributed by atoms with Gasteiger partial charge in [-0.1, -0.05) is 32.1 Å². The van der Waals surface area contributed by atoms with Crippen molar-refractivity contribution in [2.75, 3.05) is 7.11 Å². The van der Waals surface area contributed by atoms with Crippen LogP contribution >= 0.6 is 0 Å². The molecule has 81 valence electrons. The van der Waals surface area contributed by atoms with Crippen molar-refractivity contribution in [2.24, 2.45) is 5.92 Å². The molecule has 1 aliphatic rings. The van der Waals surface area contributed by atoms with Crippen LogP contribution in [0, 0.1) is 12.3 Å². The first-order chi connectivity index (χ1) is 6.72. The van der Waals surface area contributed by atoms with Crippen LogP contribution in [0.4, 0.5) is 0 Å². The fraction of sp³-hybridized carbons (Fsp3) is 0.818. The zero-order valence-electron chi connectivity index (χ0n) is 8.74. The van der Waals surface area contributed by atoms with E-state index in [1.807, 2.05) is 6.42 Å². The zero-order valence-corrected chi connectivity index (χ0v) is 8.74. The van der Waals surface area contributed by atoms with E-state index in [1.165, 1.54) is 26.4 Å². The predicted molar refractivity (Wildman–Crippen MR) is 53.5 cm³/mol. The van der Waals surface area contributed by atoms with Gasteiger partial charge in [-0.3, -0.25) is 4.79 Å². The molecule has 0 aromatic heterocycles. The van der Waals surface area contributed by atoms with Crippen LogP contribution < -0.4 is 0 Å². The molecule has 0 heterocycles. The lowest BCUT2D eigenvalue weighted by Crippen LogP contribution is -2.20. The Morgan fingerprint density at radius 2 is 2.14 bits per heavy atom. The van der Waals surface area contributed by atoms with Crippen LogP contribution in [0.5, 0.6) is 0 Å². The van der Waals surface area contributed by atoms with E-state index in [2.05, 4.69) is 4.74 Å². The van der Waals surface area contributed by atoms with Gasteiger partial charge in [-0.25, -0.2) is 0 Å². The van der Waals surface area contributed by atoms with Crippen molar-refractivity contribution in [3.05, 3.63) is 6.42 Å². The summed E-state index contributed by atoms with van der Waals surface area (Å²) in [6, 6.07) is 0. The number of esters is 1. The third-order valence-corrected chi connectivity index (χ3v) is 2.75. The van der Waals surface area contributed by atoms with Crippen molar-refractivity contribution in [2.45, 2.75) is 44.6 Å². The van der Waals surface area contributed by atoms with Gasteiger partial charge < -0.3 is 9.84 Å². The Bertz CT molecular complexity index is 173. The van der Waals surface area contributed by atoms with Crippen molar-refractivity contribution >= 4 is 5.97 Å². The molecule has 0 amide bonds. The summed E-state index contributed by atoms with van der Waals surface area (Å²) in [4.78, 5) is 10.9. The molecule has 0 saturated heterocycles. The van der Waals surface area contributed by atoms with E-state index in [4.69, 9.17) is 0 Å². The van der Waals surface area contributed by atoms with Crippen LogP contribution in [-0.2, 0) is 9.53 Å². The third-order valence-electron chi connectivity index (χ3n) is 2.75. The van der Waals surface area contributed by atoms with Gasteiger partial charge in [0.2, 0.25) is 0 Å². The lowest BCUT2D eigenvalue weighted by Gasteiger charge is -2.23. The molecule has 14 heavy (non-hydrogen) atoms. The number of carbonyl (C=O) groups is 1. The number of aliphatic hydroxyl groups excluding tert-OH is 1. The van der Waals surface area contributed by atoms with E-state index in [0.717, 1.165) is 12.8 Å². The Morgan fingerprint density at radius 1 is 1.50 bits per heavy atom. The second-order valence-electron chi connectivity index (χ2n) is 3.94. The van der Waals surface area contributed by atoms with Crippen molar-refractivity contribution in [3.63, 3.8) is 0 Å². The van der Waals surface area contributed by atoms with Gasteiger partial charge in [0.05, 0.1) is 19.6 Å². The first kappa shape index (κ1) is 11.5. The topological polar surface area (TPSA) is 46.5 Å². The van der Waals surface area contributed by atoms with Crippen LogP contribution in [-0.4, -0.2) is 24.3 Å². The number of hydrogen-bond donors (Lipinski definition) is 1. The fourth-order valence-electron chi connectivity index (χ4n) is 1.96. The van der Waals surface area contributed by atoms with Crippen molar-refractivity contribution in [1.82, 2.24) is 0 Å². The molecule has 3 nitrogen and oxygen atoms in total. The fourth-order valence-corrected chi connectivity index (χ4v) is 1.96. The quantitative estimate of drug-likeness (QED) is 0.701. The lowest BCUT2D eigenvalue weighted by molar-refractivity contribution is -0.142. The molecule has 3 heteroatoms. The summed E-state index contributed by atoms with van der Waals surface area (Å²) in [7, 11) is 1.34. The summed E-state index contributed by atoms with van der Waals surface area (Å²) in [5, 5.41) is 9.55. The molecule has 1 atom stereocenters. The molecule has 1 radical (unpaired) electrons. The van der Waals surface area contributed by atoms with Crippen molar-refractivity contribution in [3.8, 4) is 0 Å². The maximum absolute atomic E-state index is 10.9. The SMILES string of the molecule is COC(=O)CC(O)[CH]C1CCCCC1. The third kappa shape index (κ3) is 4.09. The molecular formula is C11H19O3. The largest absolute Gasteiger partial charge is 0.469 e. The molecule has 1 unspecified atom stereocenters. The predicted octanol–water partition coefficient (Wildman–Crippen LogP) is 1.69. The summed E-state index contributed by atoms with van der Waals surface area (Å²) in [5.74, 6) is 0.146. The van der Waals surface area contributed by atoms with E-state index >= 15 is 0 Å². The van der Waals surface area contributed by atoms with Crippen LogP contribution in [0.15, 0.2) is 0 Å². The Labute approximate surface area is 85.5 Å². The van der Waals surface area contributed by atoms with Gasteiger partial charge in [-0.2, -0.15) is 0 Å². The van der Waals surface area contributed by atoms with Crippen molar-refractivity contribution < 1.29 is 14.6 Å². The highest BCUT2D eigenvalue weighted by atomic mass is 16.5. The molecule has 0 aromatic rings. The molecule has 1 rings (SSSR count). The number of rotatable bonds is 4. The highest BCUT2D eigenvalue weighted by molar-refractivity contribution is 5.69. The molecule has 0 spiro atoms. The van der Waals surface area contributed by atoms with Crippen LogP contribution in [0.2, 0.25) is 0 Å². The van der Waals surface area contributed by atoms with Gasteiger partial charge in [0, 0.05) is 0 Å². The second-order valence-corrected chi connectivity index (χ2v) is 3.94. The first-order valence-corrected chi connectivity index (χ1v) is 5.32. The Balaban J connectivity index is 2.18.